The van der Waals surface area contributed by atoms with Crippen molar-refractivity contribution in [3.63, 3.8) is 0 Å². The molecule has 0 saturated carbocycles. The minimum Gasteiger partial charge on any atom is -0.452 e. The Balaban J connectivity index is 2.02. The third kappa shape index (κ3) is 5.40. The molecule has 9 heteroatoms. The number of nitrogens with zero attached hydrogens (tertiary/aromatic N) is 2. The standard InChI is InChI=1S/C16H21ClN2O5S/c1-11(2)8-19(12-5-7-25(22,23)10-12)14(20)9-24-16(21)13-4-3-6-18-15(13)17/h3-4,6,11-12H,5,7-10H2,1-2H3. The molecule has 2 heterocycles. The third-order valence-corrected chi connectivity index (χ3v) is 5.89. The number of esters is 1. The normalized spacial score (nSPS) is 19.0. The van der Waals surface area contributed by atoms with Gasteiger partial charge in [-0.05, 0) is 24.5 Å². The topological polar surface area (TPSA) is 93.6 Å². The van der Waals surface area contributed by atoms with Gasteiger partial charge < -0.3 is 9.64 Å². The van der Waals surface area contributed by atoms with Crippen LogP contribution in [0.1, 0.15) is 30.6 Å². The van der Waals surface area contributed by atoms with E-state index in [2.05, 4.69) is 4.98 Å². The summed E-state index contributed by atoms with van der Waals surface area (Å²) >= 11 is 5.83. The van der Waals surface area contributed by atoms with Crippen LogP contribution in [0.2, 0.25) is 5.15 Å². The summed E-state index contributed by atoms with van der Waals surface area (Å²) in [5.74, 6) is -0.965. The molecule has 0 radical (unpaired) electrons. The molecule has 0 spiro atoms. The van der Waals surface area contributed by atoms with Crippen LogP contribution < -0.4 is 0 Å². The number of sulfone groups is 1. The molecule has 7 nitrogen and oxygen atoms in total. The Hall–Kier alpha value is -1.67. The van der Waals surface area contributed by atoms with Crippen LogP contribution in [0.5, 0.6) is 0 Å². The maximum Gasteiger partial charge on any atom is 0.341 e. The van der Waals surface area contributed by atoms with Crippen LogP contribution in [0.15, 0.2) is 18.3 Å². The Bertz CT molecular complexity index is 751. The van der Waals surface area contributed by atoms with Gasteiger partial charge >= 0.3 is 5.97 Å². The van der Waals surface area contributed by atoms with Crippen LogP contribution in [-0.4, -0.2) is 60.9 Å². The quantitative estimate of drug-likeness (QED) is 0.542. The SMILES string of the molecule is CC(C)CN(C(=O)COC(=O)c1cccnc1Cl)C1CCS(=O)(=O)C1. The number of ether oxygens (including phenoxy) is 1. The lowest BCUT2D eigenvalue weighted by molar-refractivity contribution is -0.137. The smallest absolute Gasteiger partial charge is 0.341 e. The third-order valence-electron chi connectivity index (χ3n) is 3.84. The Morgan fingerprint density at radius 2 is 2.16 bits per heavy atom. The molecular formula is C16H21ClN2O5S. The molecule has 25 heavy (non-hydrogen) atoms. The van der Waals surface area contributed by atoms with Crippen molar-refractivity contribution in [2.75, 3.05) is 24.7 Å². The Morgan fingerprint density at radius 1 is 1.44 bits per heavy atom. The summed E-state index contributed by atoms with van der Waals surface area (Å²) in [6.45, 7) is 3.81. The highest BCUT2D eigenvalue weighted by Crippen LogP contribution is 2.20. The Kier molecular flexibility index (Phi) is 6.40. The van der Waals surface area contributed by atoms with E-state index >= 15 is 0 Å². The molecule has 1 fully saturated rings. The molecule has 1 atom stereocenters. The largest absolute Gasteiger partial charge is 0.452 e. The average molecular weight is 389 g/mol. The summed E-state index contributed by atoms with van der Waals surface area (Å²) in [5.41, 5.74) is 0.0795. The number of pyridine rings is 1. The monoisotopic (exact) mass is 388 g/mol. The fourth-order valence-electron chi connectivity index (χ4n) is 2.70. The van der Waals surface area contributed by atoms with Gasteiger partial charge in [-0.1, -0.05) is 25.4 Å². The van der Waals surface area contributed by atoms with E-state index in [1.165, 1.54) is 17.2 Å². The number of hydrogen-bond acceptors (Lipinski definition) is 6. The Labute approximate surface area is 152 Å². The van der Waals surface area contributed by atoms with E-state index in [-0.39, 0.29) is 34.2 Å². The molecule has 1 saturated heterocycles. The van der Waals surface area contributed by atoms with Crippen LogP contribution in [0.25, 0.3) is 0 Å². The van der Waals surface area contributed by atoms with E-state index in [0.29, 0.717) is 13.0 Å². The first-order valence-corrected chi connectivity index (χ1v) is 10.2. The van der Waals surface area contributed by atoms with E-state index in [0.717, 1.165) is 0 Å². The molecular weight excluding hydrogens is 368 g/mol. The predicted octanol–water partition coefficient (Wildman–Crippen LogP) is 1.56. The summed E-state index contributed by atoms with van der Waals surface area (Å²) in [4.78, 5) is 29.8. The lowest BCUT2D eigenvalue weighted by Crippen LogP contribution is -2.45. The van der Waals surface area contributed by atoms with Crippen LogP contribution >= 0.6 is 11.6 Å². The molecule has 1 aromatic rings. The predicted molar refractivity (Wildman–Crippen MR) is 93.1 cm³/mol. The molecule has 1 amide bonds. The zero-order valence-electron chi connectivity index (χ0n) is 14.1. The van der Waals surface area contributed by atoms with E-state index in [9.17, 15) is 18.0 Å². The van der Waals surface area contributed by atoms with Gasteiger partial charge in [-0.3, -0.25) is 4.79 Å². The molecule has 2 rings (SSSR count). The number of aromatic nitrogens is 1. The lowest BCUT2D eigenvalue weighted by Gasteiger charge is -2.29. The molecule has 0 aromatic carbocycles. The van der Waals surface area contributed by atoms with Crippen molar-refractivity contribution in [1.82, 2.24) is 9.88 Å². The van der Waals surface area contributed by atoms with Gasteiger partial charge in [0, 0.05) is 18.8 Å². The van der Waals surface area contributed by atoms with Crippen LogP contribution in [0.4, 0.5) is 0 Å². The fraction of sp³-hybridized carbons (Fsp3) is 0.562. The van der Waals surface area contributed by atoms with Crippen molar-refractivity contribution in [3.8, 4) is 0 Å². The van der Waals surface area contributed by atoms with Gasteiger partial charge in [-0.25, -0.2) is 18.2 Å². The maximum atomic E-state index is 12.5. The summed E-state index contributed by atoms with van der Waals surface area (Å²) in [6, 6.07) is 2.62. The highest BCUT2D eigenvalue weighted by atomic mass is 35.5. The summed E-state index contributed by atoms with van der Waals surface area (Å²) < 4.78 is 28.4. The number of hydrogen-bond donors (Lipinski definition) is 0. The van der Waals surface area contributed by atoms with Gasteiger partial charge in [-0.15, -0.1) is 0 Å². The van der Waals surface area contributed by atoms with Crippen molar-refractivity contribution >= 4 is 33.3 Å². The molecule has 0 N–H and O–H groups in total. The van der Waals surface area contributed by atoms with E-state index < -0.39 is 28.3 Å². The molecule has 1 aliphatic rings. The fourth-order valence-corrected chi connectivity index (χ4v) is 4.62. The van der Waals surface area contributed by atoms with Crippen molar-refractivity contribution in [1.29, 1.82) is 0 Å². The van der Waals surface area contributed by atoms with Crippen LogP contribution in [-0.2, 0) is 19.4 Å². The average Bonchev–Trinajstić information content (AvgIpc) is 2.90. The zero-order valence-corrected chi connectivity index (χ0v) is 15.7. The van der Waals surface area contributed by atoms with E-state index in [1.54, 1.807) is 6.07 Å². The van der Waals surface area contributed by atoms with Gasteiger partial charge in [0.1, 0.15) is 5.15 Å². The second-order valence-corrected chi connectivity index (χ2v) is 9.00. The van der Waals surface area contributed by atoms with Crippen molar-refractivity contribution < 1.29 is 22.7 Å². The first kappa shape index (κ1) is 19.7. The molecule has 1 aliphatic heterocycles. The molecule has 0 aliphatic carbocycles. The second kappa shape index (κ2) is 8.14. The number of carbonyl (C=O) groups is 2. The minimum atomic E-state index is -3.12. The lowest BCUT2D eigenvalue weighted by atomic mass is 10.1. The van der Waals surface area contributed by atoms with E-state index in [4.69, 9.17) is 16.3 Å². The number of amides is 1. The van der Waals surface area contributed by atoms with Crippen molar-refractivity contribution in [2.24, 2.45) is 5.92 Å². The van der Waals surface area contributed by atoms with E-state index in [1.807, 2.05) is 13.8 Å². The Morgan fingerprint density at radius 3 is 2.72 bits per heavy atom. The summed E-state index contributed by atoms with van der Waals surface area (Å²) in [5, 5.41) is 0.000807. The van der Waals surface area contributed by atoms with Gasteiger partial charge in [0.2, 0.25) is 0 Å². The molecule has 0 bridgehead atoms. The number of rotatable bonds is 6. The zero-order chi connectivity index (χ0) is 18.6. The van der Waals surface area contributed by atoms with Gasteiger partial charge in [0.05, 0.1) is 17.1 Å². The maximum absolute atomic E-state index is 12.5. The number of halogens is 1. The van der Waals surface area contributed by atoms with Crippen LogP contribution in [0.3, 0.4) is 0 Å². The molecule has 1 unspecified atom stereocenters. The van der Waals surface area contributed by atoms with Gasteiger partial charge in [-0.2, -0.15) is 0 Å². The van der Waals surface area contributed by atoms with Gasteiger partial charge in [0.25, 0.3) is 5.91 Å². The first-order valence-electron chi connectivity index (χ1n) is 7.97. The minimum absolute atomic E-state index is 0.000807. The van der Waals surface area contributed by atoms with Gasteiger partial charge in [0.15, 0.2) is 16.4 Å². The van der Waals surface area contributed by atoms with Crippen molar-refractivity contribution in [2.45, 2.75) is 26.3 Å². The molecule has 138 valence electrons. The second-order valence-electron chi connectivity index (χ2n) is 6.41. The summed E-state index contributed by atoms with van der Waals surface area (Å²) in [6.07, 6.45) is 1.85. The summed E-state index contributed by atoms with van der Waals surface area (Å²) in [7, 11) is -3.12. The first-order chi connectivity index (χ1) is 11.7. The highest BCUT2D eigenvalue weighted by Gasteiger charge is 2.35. The highest BCUT2D eigenvalue weighted by molar-refractivity contribution is 7.91. The van der Waals surface area contributed by atoms with Crippen molar-refractivity contribution in [3.05, 3.63) is 29.0 Å². The van der Waals surface area contributed by atoms with Crippen LogP contribution in [0, 0.1) is 5.92 Å². The molecule has 1 aromatic heterocycles. The number of carbonyl (C=O) groups excluding carboxylic acids is 2.